The number of hydrogen-bond acceptors (Lipinski definition) is 7. The van der Waals surface area contributed by atoms with Crippen molar-refractivity contribution in [3.05, 3.63) is 69.0 Å². The highest BCUT2D eigenvalue weighted by atomic mass is 35.5. The fourth-order valence-corrected chi connectivity index (χ4v) is 2.81. The van der Waals surface area contributed by atoms with Crippen molar-refractivity contribution in [1.82, 2.24) is 9.97 Å². The van der Waals surface area contributed by atoms with Crippen molar-refractivity contribution < 1.29 is 9.66 Å². The first-order chi connectivity index (χ1) is 13.4. The molecule has 144 valence electrons. The molecule has 1 heterocycles. The molecule has 0 bridgehead atoms. The molecule has 0 aliphatic carbocycles. The predicted octanol–water partition coefficient (Wildman–Crippen LogP) is 5.15. The highest BCUT2D eigenvalue weighted by Gasteiger charge is 2.24. The molecular formula is C19H18ClN5O3. The molecule has 2 N–H and O–H groups in total. The van der Waals surface area contributed by atoms with E-state index in [1.807, 2.05) is 32.0 Å². The van der Waals surface area contributed by atoms with Crippen LogP contribution in [0.2, 0.25) is 5.02 Å². The Morgan fingerprint density at radius 1 is 1.04 bits per heavy atom. The summed E-state index contributed by atoms with van der Waals surface area (Å²) in [6.45, 7) is 3.85. The third kappa shape index (κ3) is 4.12. The summed E-state index contributed by atoms with van der Waals surface area (Å²) in [5.74, 6) is 0.576. The molecule has 0 unspecified atom stereocenters. The molecule has 0 amide bonds. The number of nitro groups is 1. The Hall–Kier alpha value is -3.39. The van der Waals surface area contributed by atoms with Crippen LogP contribution < -0.4 is 15.4 Å². The Morgan fingerprint density at radius 3 is 2.36 bits per heavy atom. The van der Waals surface area contributed by atoms with Gasteiger partial charge in [-0.25, -0.2) is 9.97 Å². The third-order valence-electron chi connectivity index (χ3n) is 4.07. The molecule has 9 heteroatoms. The van der Waals surface area contributed by atoms with E-state index in [4.69, 9.17) is 16.3 Å². The molecule has 0 radical (unpaired) electrons. The van der Waals surface area contributed by atoms with E-state index in [-0.39, 0.29) is 17.3 Å². The Labute approximate surface area is 166 Å². The number of nitrogens with one attached hydrogen (secondary N) is 2. The SMILES string of the molecule is COc1ccc(Cl)cc1Nc1ncnc(Nc2cc(C)ccc2C)c1[N+](=O)[O-]. The van der Waals surface area contributed by atoms with Crippen LogP contribution in [0.1, 0.15) is 11.1 Å². The zero-order valence-electron chi connectivity index (χ0n) is 15.5. The minimum atomic E-state index is -0.535. The van der Waals surface area contributed by atoms with Gasteiger partial charge in [-0.1, -0.05) is 23.7 Å². The quantitative estimate of drug-likeness (QED) is 0.436. The van der Waals surface area contributed by atoms with E-state index >= 15 is 0 Å². The molecule has 3 aromatic rings. The number of methoxy groups -OCH3 is 1. The van der Waals surface area contributed by atoms with E-state index in [0.29, 0.717) is 16.5 Å². The normalized spacial score (nSPS) is 10.4. The van der Waals surface area contributed by atoms with Gasteiger partial charge in [-0.2, -0.15) is 0 Å². The molecule has 8 nitrogen and oxygen atoms in total. The van der Waals surface area contributed by atoms with Crippen LogP contribution in [0.15, 0.2) is 42.7 Å². The minimum Gasteiger partial charge on any atom is -0.495 e. The van der Waals surface area contributed by atoms with Gasteiger partial charge in [-0.15, -0.1) is 0 Å². The second-order valence-corrected chi connectivity index (χ2v) is 6.53. The topological polar surface area (TPSA) is 102 Å². The maximum Gasteiger partial charge on any atom is 0.353 e. The van der Waals surface area contributed by atoms with Gasteiger partial charge in [0, 0.05) is 10.7 Å². The van der Waals surface area contributed by atoms with Gasteiger partial charge in [0.05, 0.1) is 17.7 Å². The van der Waals surface area contributed by atoms with Gasteiger partial charge in [0.2, 0.25) is 11.6 Å². The number of anilines is 4. The largest absolute Gasteiger partial charge is 0.495 e. The van der Waals surface area contributed by atoms with Crippen LogP contribution >= 0.6 is 11.6 Å². The minimum absolute atomic E-state index is 0.0216. The lowest BCUT2D eigenvalue weighted by Crippen LogP contribution is -2.06. The van der Waals surface area contributed by atoms with Crippen molar-refractivity contribution in [1.29, 1.82) is 0 Å². The van der Waals surface area contributed by atoms with Crippen molar-refractivity contribution in [2.45, 2.75) is 13.8 Å². The van der Waals surface area contributed by atoms with E-state index in [1.165, 1.54) is 13.4 Å². The molecule has 0 atom stereocenters. The molecule has 3 rings (SSSR count). The molecule has 0 saturated heterocycles. The second kappa shape index (κ2) is 8.10. The van der Waals surface area contributed by atoms with E-state index in [1.54, 1.807) is 18.2 Å². The standard InChI is InChI=1S/C19H18ClN5O3/c1-11-4-5-12(2)14(8-11)23-18-17(25(26)27)19(22-10-21-18)24-15-9-13(20)6-7-16(15)28-3/h4-10H,1-3H3,(H2,21,22,23,24). The summed E-state index contributed by atoms with van der Waals surface area (Å²) in [6, 6.07) is 10.7. The molecule has 0 aliphatic heterocycles. The Bertz CT molecular complexity index is 1040. The Morgan fingerprint density at radius 2 is 1.71 bits per heavy atom. The Balaban J connectivity index is 2.04. The Kier molecular flexibility index (Phi) is 5.60. The molecule has 0 spiro atoms. The lowest BCUT2D eigenvalue weighted by molar-refractivity contribution is -0.383. The predicted molar refractivity (Wildman–Crippen MR) is 109 cm³/mol. The van der Waals surface area contributed by atoms with Gasteiger partial charge in [0.15, 0.2) is 0 Å². The maximum atomic E-state index is 11.8. The highest BCUT2D eigenvalue weighted by molar-refractivity contribution is 6.31. The van der Waals surface area contributed by atoms with Crippen molar-refractivity contribution in [3.8, 4) is 5.75 Å². The molecular weight excluding hydrogens is 382 g/mol. The zero-order valence-corrected chi connectivity index (χ0v) is 16.2. The number of aromatic nitrogens is 2. The number of nitrogens with zero attached hydrogens (tertiary/aromatic N) is 3. The summed E-state index contributed by atoms with van der Waals surface area (Å²) in [4.78, 5) is 19.4. The van der Waals surface area contributed by atoms with Crippen LogP contribution in [0.25, 0.3) is 0 Å². The third-order valence-corrected chi connectivity index (χ3v) is 4.30. The summed E-state index contributed by atoms with van der Waals surface area (Å²) in [7, 11) is 1.50. The van der Waals surface area contributed by atoms with Crippen LogP contribution in [-0.2, 0) is 0 Å². The van der Waals surface area contributed by atoms with E-state index < -0.39 is 4.92 Å². The van der Waals surface area contributed by atoms with E-state index in [0.717, 1.165) is 16.8 Å². The lowest BCUT2D eigenvalue weighted by atomic mass is 10.1. The summed E-state index contributed by atoms with van der Waals surface area (Å²) in [5, 5.41) is 18.2. The fourth-order valence-electron chi connectivity index (χ4n) is 2.64. The van der Waals surface area contributed by atoms with Crippen molar-refractivity contribution in [2.24, 2.45) is 0 Å². The smallest absolute Gasteiger partial charge is 0.353 e. The average Bonchev–Trinajstić information content (AvgIpc) is 2.65. The maximum absolute atomic E-state index is 11.8. The molecule has 28 heavy (non-hydrogen) atoms. The molecule has 0 aliphatic rings. The van der Waals surface area contributed by atoms with Crippen molar-refractivity contribution in [3.63, 3.8) is 0 Å². The second-order valence-electron chi connectivity index (χ2n) is 6.09. The number of aryl methyl sites for hydroxylation is 2. The van der Waals surface area contributed by atoms with Gasteiger partial charge in [-0.3, -0.25) is 10.1 Å². The monoisotopic (exact) mass is 399 g/mol. The first kappa shape index (κ1) is 19.4. The number of halogens is 1. The van der Waals surface area contributed by atoms with Crippen LogP contribution in [0.3, 0.4) is 0 Å². The van der Waals surface area contributed by atoms with Crippen LogP contribution in [-0.4, -0.2) is 22.0 Å². The van der Waals surface area contributed by atoms with E-state index in [9.17, 15) is 10.1 Å². The van der Waals surface area contributed by atoms with Crippen molar-refractivity contribution >= 4 is 40.3 Å². The number of hydrogen-bond donors (Lipinski definition) is 2. The highest BCUT2D eigenvalue weighted by Crippen LogP contribution is 2.36. The average molecular weight is 400 g/mol. The van der Waals surface area contributed by atoms with Gasteiger partial charge in [0.1, 0.15) is 12.1 Å². The van der Waals surface area contributed by atoms with Gasteiger partial charge < -0.3 is 15.4 Å². The van der Waals surface area contributed by atoms with Gasteiger partial charge in [-0.05, 0) is 49.2 Å². The van der Waals surface area contributed by atoms with Crippen molar-refractivity contribution in [2.75, 3.05) is 17.7 Å². The lowest BCUT2D eigenvalue weighted by Gasteiger charge is -2.13. The summed E-state index contributed by atoms with van der Waals surface area (Å²) in [5.41, 5.74) is 2.85. The molecule has 1 aromatic heterocycles. The molecule has 0 saturated carbocycles. The van der Waals surface area contributed by atoms with Crippen LogP contribution in [0.4, 0.5) is 28.7 Å². The van der Waals surface area contributed by atoms with Gasteiger partial charge in [0.25, 0.3) is 0 Å². The van der Waals surface area contributed by atoms with Gasteiger partial charge >= 0.3 is 5.69 Å². The summed E-state index contributed by atoms with van der Waals surface area (Å²) in [6.07, 6.45) is 1.25. The van der Waals surface area contributed by atoms with Crippen LogP contribution in [0.5, 0.6) is 5.75 Å². The first-order valence-electron chi connectivity index (χ1n) is 8.33. The zero-order chi connectivity index (χ0) is 20.3. The van der Waals surface area contributed by atoms with E-state index in [2.05, 4.69) is 20.6 Å². The number of benzene rings is 2. The number of rotatable bonds is 6. The molecule has 0 fully saturated rings. The molecule has 2 aromatic carbocycles. The first-order valence-corrected chi connectivity index (χ1v) is 8.71. The van der Waals surface area contributed by atoms with Crippen LogP contribution in [0, 0.1) is 24.0 Å². The number of ether oxygens (including phenoxy) is 1. The summed E-state index contributed by atoms with van der Waals surface area (Å²) >= 11 is 6.04. The fraction of sp³-hybridized carbons (Fsp3) is 0.158. The summed E-state index contributed by atoms with van der Waals surface area (Å²) < 4.78 is 5.28.